The smallest absolute Gasteiger partial charge is 0.0585 e. The zero-order chi connectivity index (χ0) is 12.7. The number of aliphatic imine (C=N–C) groups is 1. The van der Waals surface area contributed by atoms with Crippen molar-refractivity contribution < 1.29 is 0 Å². The van der Waals surface area contributed by atoms with Gasteiger partial charge in [-0.25, -0.2) is 0 Å². The highest BCUT2D eigenvalue weighted by molar-refractivity contribution is 5.49. The van der Waals surface area contributed by atoms with E-state index >= 15 is 0 Å². The van der Waals surface area contributed by atoms with Crippen LogP contribution >= 0.6 is 0 Å². The van der Waals surface area contributed by atoms with E-state index in [-0.39, 0.29) is 0 Å². The van der Waals surface area contributed by atoms with Gasteiger partial charge in [-0.05, 0) is 49.1 Å². The summed E-state index contributed by atoms with van der Waals surface area (Å²) in [6.07, 6.45) is 4.95. The Morgan fingerprint density at radius 3 is 2.25 bits per heavy atom. The van der Waals surface area contributed by atoms with Crippen molar-refractivity contribution in [2.24, 2.45) is 4.99 Å². The van der Waals surface area contributed by atoms with Gasteiger partial charge in [0.25, 0.3) is 0 Å². The van der Waals surface area contributed by atoms with Gasteiger partial charge in [-0.2, -0.15) is 0 Å². The normalized spacial score (nSPS) is 12.2. The van der Waals surface area contributed by atoms with Crippen molar-refractivity contribution in [2.45, 2.75) is 20.3 Å². The third-order valence-corrected chi connectivity index (χ3v) is 2.37. The minimum absolute atomic E-state index is 0.702. The molecule has 2 nitrogen and oxygen atoms in total. The third kappa shape index (κ3) is 4.30. The van der Waals surface area contributed by atoms with Gasteiger partial charge < -0.3 is 4.90 Å². The molecule has 0 spiro atoms. The second kappa shape index (κ2) is 6.83. The fourth-order valence-electron chi connectivity index (χ4n) is 1.20. The van der Waals surface area contributed by atoms with Crippen molar-refractivity contribution in [3.63, 3.8) is 0 Å². The lowest BCUT2D eigenvalue weighted by Crippen LogP contribution is -2.01. The number of rotatable bonds is 6. The van der Waals surface area contributed by atoms with Gasteiger partial charge in [-0.3, -0.25) is 4.99 Å². The molecule has 0 saturated heterocycles. The summed E-state index contributed by atoms with van der Waals surface area (Å²) in [6, 6.07) is 0. The first kappa shape index (κ1) is 14.4. The highest BCUT2D eigenvalue weighted by Crippen LogP contribution is 2.22. The lowest BCUT2D eigenvalue weighted by molar-refractivity contribution is 0.563. The second-order valence-electron chi connectivity index (χ2n) is 3.88. The van der Waals surface area contributed by atoms with Gasteiger partial charge in [-0.15, -0.1) is 0 Å². The molecule has 0 bridgehead atoms. The van der Waals surface area contributed by atoms with Crippen LogP contribution in [0.25, 0.3) is 0 Å². The molecule has 0 aliphatic carbocycles. The van der Waals surface area contributed by atoms with Crippen LogP contribution in [0.1, 0.15) is 20.3 Å². The van der Waals surface area contributed by atoms with E-state index in [2.05, 4.69) is 31.8 Å². The Balaban J connectivity index is 5.31. The molecule has 0 N–H and O–H groups in total. The Morgan fingerprint density at radius 2 is 1.88 bits per heavy atom. The van der Waals surface area contributed by atoms with Crippen molar-refractivity contribution in [1.29, 1.82) is 0 Å². The Morgan fingerprint density at radius 1 is 1.31 bits per heavy atom. The highest BCUT2D eigenvalue weighted by Gasteiger charge is 2.04. The molecule has 0 atom stereocenters. The molecular weight excluding hydrogens is 196 g/mol. The molecule has 0 unspecified atom stereocenters. The Kier molecular flexibility index (Phi) is 6.16. The van der Waals surface area contributed by atoms with Gasteiger partial charge in [0.2, 0.25) is 0 Å². The summed E-state index contributed by atoms with van der Waals surface area (Å²) < 4.78 is 0. The number of allylic oxidation sites excluding steroid dienone is 4. The second-order valence-corrected chi connectivity index (χ2v) is 3.88. The first-order valence-corrected chi connectivity index (χ1v) is 5.33. The largest absolute Gasteiger partial charge is 0.383 e. The molecule has 16 heavy (non-hydrogen) atoms. The molecule has 88 valence electrons. The monoisotopic (exact) mass is 218 g/mol. The van der Waals surface area contributed by atoms with E-state index in [0.29, 0.717) is 5.70 Å². The number of hydrogen-bond donors (Lipinski definition) is 0. The van der Waals surface area contributed by atoms with Gasteiger partial charge in [0.15, 0.2) is 0 Å². The molecule has 0 aromatic rings. The van der Waals surface area contributed by atoms with Gasteiger partial charge in [0.1, 0.15) is 0 Å². The molecule has 0 radical (unpaired) electrons. The SMILES string of the molecule is C=NC(=C)/C(C)=C(\C=C/N(C)C)C(=C)CC. The van der Waals surface area contributed by atoms with Crippen LogP contribution in [0.3, 0.4) is 0 Å². The van der Waals surface area contributed by atoms with Crippen molar-refractivity contribution >= 4 is 6.72 Å². The molecule has 0 fully saturated rings. The predicted molar refractivity (Wildman–Crippen MR) is 73.6 cm³/mol. The number of nitrogens with zero attached hydrogens (tertiary/aromatic N) is 2. The first-order chi connectivity index (χ1) is 7.43. The maximum absolute atomic E-state index is 4.06. The zero-order valence-corrected chi connectivity index (χ0v) is 10.9. The Hall–Kier alpha value is -1.57. The zero-order valence-electron chi connectivity index (χ0n) is 10.9. The standard InChI is InChI=1S/C14H22N2/c1-8-11(2)14(9-10-16(6)7)12(3)13(4)15-5/h9-10H,2,4-5,8H2,1,3,6-7H3/b10-9-,14-12+. The van der Waals surface area contributed by atoms with E-state index in [9.17, 15) is 0 Å². The summed E-state index contributed by atoms with van der Waals surface area (Å²) in [4.78, 5) is 5.85. The van der Waals surface area contributed by atoms with Crippen molar-refractivity contribution in [3.8, 4) is 0 Å². The Labute approximate surface area is 99.4 Å². The van der Waals surface area contributed by atoms with E-state index < -0.39 is 0 Å². The van der Waals surface area contributed by atoms with Crippen LogP contribution in [-0.4, -0.2) is 25.7 Å². The van der Waals surface area contributed by atoms with Crippen LogP contribution in [0.2, 0.25) is 0 Å². The predicted octanol–water partition coefficient (Wildman–Crippen LogP) is 3.56. The quantitative estimate of drug-likeness (QED) is 0.491. The third-order valence-electron chi connectivity index (χ3n) is 2.37. The lowest BCUT2D eigenvalue weighted by atomic mass is 9.98. The van der Waals surface area contributed by atoms with Crippen molar-refractivity contribution in [2.75, 3.05) is 14.1 Å². The van der Waals surface area contributed by atoms with E-state index in [0.717, 1.165) is 23.1 Å². The minimum Gasteiger partial charge on any atom is -0.383 e. The highest BCUT2D eigenvalue weighted by atomic mass is 15.0. The fourth-order valence-corrected chi connectivity index (χ4v) is 1.20. The first-order valence-electron chi connectivity index (χ1n) is 5.33. The summed E-state index contributed by atoms with van der Waals surface area (Å²) in [6.45, 7) is 15.5. The number of hydrogen-bond acceptors (Lipinski definition) is 2. The summed E-state index contributed by atoms with van der Waals surface area (Å²) in [5.74, 6) is 0. The molecule has 0 saturated carbocycles. The molecule has 0 amide bonds. The van der Waals surface area contributed by atoms with Gasteiger partial charge in [0.05, 0.1) is 5.70 Å². The van der Waals surface area contributed by atoms with Crippen LogP contribution < -0.4 is 0 Å². The van der Waals surface area contributed by atoms with Gasteiger partial charge in [-0.1, -0.05) is 20.1 Å². The lowest BCUT2D eigenvalue weighted by Gasteiger charge is -2.11. The van der Waals surface area contributed by atoms with Crippen LogP contribution in [0.15, 0.2) is 52.8 Å². The molecular formula is C14H22N2. The topological polar surface area (TPSA) is 15.6 Å². The molecule has 0 aromatic carbocycles. The van der Waals surface area contributed by atoms with Crippen LogP contribution in [0, 0.1) is 0 Å². The van der Waals surface area contributed by atoms with Crippen molar-refractivity contribution in [3.05, 3.63) is 47.9 Å². The Bertz CT molecular complexity index is 344. The van der Waals surface area contributed by atoms with Crippen LogP contribution in [0.4, 0.5) is 0 Å². The van der Waals surface area contributed by atoms with E-state index in [4.69, 9.17) is 0 Å². The summed E-state index contributed by atoms with van der Waals surface area (Å²) in [5, 5.41) is 0. The summed E-state index contributed by atoms with van der Waals surface area (Å²) in [7, 11) is 3.97. The van der Waals surface area contributed by atoms with E-state index in [1.54, 1.807) is 0 Å². The maximum Gasteiger partial charge on any atom is 0.0585 e. The fraction of sp³-hybridized carbons (Fsp3) is 0.357. The molecule has 2 heteroatoms. The van der Waals surface area contributed by atoms with E-state index in [1.165, 1.54) is 0 Å². The van der Waals surface area contributed by atoms with Gasteiger partial charge in [0, 0.05) is 14.1 Å². The molecule has 0 aromatic heterocycles. The summed E-state index contributed by atoms with van der Waals surface area (Å²) in [5.41, 5.74) is 3.90. The molecule has 0 rings (SSSR count). The average molecular weight is 218 g/mol. The average Bonchev–Trinajstić information content (AvgIpc) is 2.26. The van der Waals surface area contributed by atoms with Gasteiger partial charge >= 0.3 is 0 Å². The minimum atomic E-state index is 0.702. The van der Waals surface area contributed by atoms with Crippen molar-refractivity contribution in [1.82, 2.24) is 4.90 Å². The molecule has 0 aliphatic heterocycles. The van der Waals surface area contributed by atoms with Crippen LogP contribution in [-0.2, 0) is 0 Å². The van der Waals surface area contributed by atoms with E-state index in [1.807, 2.05) is 38.2 Å². The molecule has 0 aliphatic rings. The van der Waals surface area contributed by atoms with Crippen LogP contribution in [0.5, 0.6) is 0 Å². The summed E-state index contributed by atoms with van der Waals surface area (Å²) >= 11 is 0. The molecule has 0 heterocycles. The maximum atomic E-state index is 4.06.